The van der Waals surface area contributed by atoms with Crippen LogP contribution in [0.15, 0.2) is 51.8 Å². The van der Waals surface area contributed by atoms with Crippen LogP contribution in [0.4, 0.5) is 16.0 Å². The first-order valence-corrected chi connectivity index (χ1v) is 9.25. The number of hydrogen-bond donors (Lipinski definition) is 2. The van der Waals surface area contributed by atoms with Crippen LogP contribution in [-0.4, -0.2) is 21.8 Å². The summed E-state index contributed by atoms with van der Waals surface area (Å²) in [5.41, 5.74) is 2.59. The molecule has 2 aromatic heterocycles. The predicted octanol–water partition coefficient (Wildman–Crippen LogP) is 4.25. The summed E-state index contributed by atoms with van der Waals surface area (Å²) in [6.07, 6.45) is 1.52. The van der Waals surface area contributed by atoms with Crippen LogP contribution in [0.1, 0.15) is 16.9 Å². The monoisotopic (exact) mass is 409 g/mol. The molecule has 4 aromatic rings. The largest absolute Gasteiger partial charge is 0.505 e. The summed E-state index contributed by atoms with van der Waals surface area (Å²) in [6, 6.07) is 9.72. The summed E-state index contributed by atoms with van der Waals surface area (Å²) in [5, 5.41) is 13.8. The smallest absolute Gasteiger partial charge is 0.316 e. The van der Waals surface area contributed by atoms with Gasteiger partial charge in [-0.2, -0.15) is 4.98 Å². The van der Waals surface area contributed by atoms with E-state index in [1.165, 1.54) is 25.4 Å². The average Bonchev–Trinajstić information content (AvgIpc) is 3.10. The maximum atomic E-state index is 13.4. The van der Waals surface area contributed by atoms with Crippen LogP contribution in [0, 0.1) is 19.7 Å². The molecular formula is C22H20FN3O4. The molecule has 2 aromatic carbocycles. The zero-order valence-corrected chi connectivity index (χ0v) is 16.7. The number of aryl methyl sites for hydroxylation is 2. The van der Waals surface area contributed by atoms with Gasteiger partial charge in [-0.05, 0) is 55.3 Å². The van der Waals surface area contributed by atoms with Crippen molar-refractivity contribution in [1.29, 1.82) is 0 Å². The number of aromatic nitrogens is 2. The third-order valence-corrected chi connectivity index (χ3v) is 4.89. The Kier molecular flexibility index (Phi) is 4.91. The summed E-state index contributed by atoms with van der Waals surface area (Å²) >= 11 is 0. The van der Waals surface area contributed by atoms with Gasteiger partial charge in [0.25, 0.3) is 0 Å². The van der Waals surface area contributed by atoms with Crippen LogP contribution >= 0.6 is 0 Å². The normalized spacial score (nSPS) is 11.1. The Morgan fingerprint density at radius 2 is 2.03 bits per heavy atom. The quantitative estimate of drug-likeness (QED) is 0.512. The number of nitrogens with one attached hydrogen (secondary N) is 1. The van der Waals surface area contributed by atoms with Gasteiger partial charge in [-0.25, -0.2) is 4.39 Å². The highest BCUT2D eigenvalue weighted by Gasteiger charge is 2.14. The second-order valence-corrected chi connectivity index (χ2v) is 6.98. The molecule has 7 nitrogen and oxygen atoms in total. The summed E-state index contributed by atoms with van der Waals surface area (Å²) in [7, 11) is 1.39. The van der Waals surface area contributed by atoms with Gasteiger partial charge in [-0.15, -0.1) is 0 Å². The molecule has 154 valence electrons. The standard InChI is InChI=1S/C22H20FN3O4/c1-12-8-15-13(2)17(6-7-19(15)30-12)24-22-25-21(28)20(29-3)11-26(22)10-14-4-5-16(23)18(27)9-14/h4-9,11,27H,10H2,1-3H3,(H,24,25,28). The second-order valence-electron chi connectivity index (χ2n) is 6.98. The van der Waals surface area contributed by atoms with E-state index in [1.807, 2.05) is 32.0 Å². The fourth-order valence-electron chi connectivity index (χ4n) is 3.32. The van der Waals surface area contributed by atoms with Crippen molar-refractivity contribution >= 4 is 22.6 Å². The third kappa shape index (κ3) is 3.59. The predicted molar refractivity (Wildman–Crippen MR) is 111 cm³/mol. The SMILES string of the molecule is COc1cn(Cc2ccc(F)c(O)c2)c(Nc2ccc3oc(C)cc3c2C)nc1=O. The molecule has 0 aliphatic carbocycles. The van der Waals surface area contributed by atoms with E-state index in [1.54, 1.807) is 10.6 Å². The first-order valence-electron chi connectivity index (χ1n) is 9.25. The fraction of sp³-hybridized carbons (Fsp3) is 0.182. The van der Waals surface area contributed by atoms with Crippen molar-refractivity contribution in [3.05, 3.63) is 75.7 Å². The van der Waals surface area contributed by atoms with Gasteiger partial charge in [0.15, 0.2) is 11.6 Å². The van der Waals surface area contributed by atoms with Gasteiger partial charge in [0, 0.05) is 11.1 Å². The van der Waals surface area contributed by atoms with E-state index in [0.29, 0.717) is 5.56 Å². The molecule has 0 saturated carbocycles. The number of ether oxygens (including phenoxy) is 1. The summed E-state index contributed by atoms with van der Waals surface area (Å²) in [4.78, 5) is 16.4. The van der Waals surface area contributed by atoms with Gasteiger partial charge in [0.1, 0.15) is 11.3 Å². The van der Waals surface area contributed by atoms with Crippen LogP contribution in [0.2, 0.25) is 0 Å². The van der Waals surface area contributed by atoms with Gasteiger partial charge in [-0.3, -0.25) is 4.79 Å². The van der Waals surface area contributed by atoms with E-state index in [4.69, 9.17) is 9.15 Å². The zero-order valence-electron chi connectivity index (χ0n) is 16.7. The lowest BCUT2D eigenvalue weighted by Gasteiger charge is -2.16. The van der Waals surface area contributed by atoms with E-state index in [2.05, 4.69) is 10.3 Å². The average molecular weight is 409 g/mol. The molecule has 2 N–H and O–H groups in total. The van der Waals surface area contributed by atoms with Crippen molar-refractivity contribution < 1.29 is 18.7 Å². The number of furan rings is 1. The van der Waals surface area contributed by atoms with E-state index in [0.717, 1.165) is 28.0 Å². The van der Waals surface area contributed by atoms with Gasteiger partial charge >= 0.3 is 5.56 Å². The van der Waals surface area contributed by atoms with Crippen LogP contribution in [0.25, 0.3) is 11.0 Å². The third-order valence-electron chi connectivity index (χ3n) is 4.89. The molecule has 0 radical (unpaired) electrons. The Labute approximate surface area is 171 Å². The Hall–Kier alpha value is -3.81. The van der Waals surface area contributed by atoms with Gasteiger partial charge < -0.3 is 24.1 Å². The molecule has 30 heavy (non-hydrogen) atoms. The number of hydrogen-bond acceptors (Lipinski definition) is 6. The Morgan fingerprint density at radius 3 is 2.77 bits per heavy atom. The number of nitrogens with zero attached hydrogens (tertiary/aromatic N) is 2. The Bertz CT molecular complexity index is 1310. The van der Waals surface area contributed by atoms with Crippen molar-refractivity contribution in [1.82, 2.24) is 9.55 Å². The number of rotatable bonds is 5. The van der Waals surface area contributed by atoms with Gasteiger partial charge in [-0.1, -0.05) is 6.07 Å². The lowest BCUT2D eigenvalue weighted by molar-refractivity contribution is 0.402. The highest BCUT2D eigenvalue weighted by atomic mass is 19.1. The van der Waals surface area contributed by atoms with Gasteiger partial charge in [0.2, 0.25) is 11.7 Å². The molecular weight excluding hydrogens is 389 g/mol. The molecule has 0 unspecified atom stereocenters. The molecule has 0 bridgehead atoms. The number of phenolic OH excluding ortho intramolecular Hbond substituents is 1. The molecule has 0 spiro atoms. The van der Waals surface area contributed by atoms with Crippen molar-refractivity contribution in [2.75, 3.05) is 12.4 Å². The van der Waals surface area contributed by atoms with E-state index in [9.17, 15) is 14.3 Å². The number of anilines is 2. The number of methoxy groups -OCH3 is 1. The minimum atomic E-state index is -0.702. The maximum Gasteiger partial charge on any atom is 0.316 e. The van der Waals surface area contributed by atoms with E-state index < -0.39 is 17.1 Å². The lowest BCUT2D eigenvalue weighted by atomic mass is 10.1. The molecule has 0 aliphatic rings. The molecule has 4 rings (SSSR count). The lowest BCUT2D eigenvalue weighted by Crippen LogP contribution is -2.19. The summed E-state index contributed by atoms with van der Waals surface area (Å²) in [6.45, 7) is 4.06. The highest BCUT2D eigenvalue weighted by molar-refractivity contribution is 5.87. The van der Waals surface area contributed by atoms with Crippen molar-refractivity contribution in [2.45, 2.75) is 20.4 Å². The van der Waals surface area contributed by atoms with E-state index >= 15 is 0 Å². The number of fused-ring (bicyclic) bond motifs is 1. The number of benzene rings is 2. The highest BCUT2D eigenvalue weighted by Crippen LogP contribution is 2.30. The first-order chi connectivity index (χ1) is 14.4. The topological polar surface area (TPSA) is 89.5 Å². The molecule has 0 atom stereocenters. The van der Waals surface area contributed by atoms with Crippen molar-refractivity contribution in [3.8, 4) is 11.5 Å². The fourth-order valence-corrected chi connectivity index (χ4v) is 3.32. The molecule has 0 saturated heterocycles. The minimum Gasteiger partial charge on any atom is -0.505 e. The molecule has 2 heterocycles. The van der Waals surface area contributed by atoms with E-state index in [-0.39, 0.29) is 18.2 Å². The van der Waals surface area contributed by atoms with Crippen molar-refractivity contribution in [2.24, 2.45) is 0 Å². The van der Waals surface area contributed by atoms with Crippen LogP contribution in [0.3, 0.4) is 0 Å². The Morgan fingerprint density at radius 1 is 1.23 bits per heavy atom. The molecule has 0 aliphatic heterocycles. The Balaban J connectivity index is 1.77. The summed E-state index contributed by atoms with van der Waals surface area (Å²) < 4.78 is 25.8. The van der Waals surface area contributed by atoms with Crippen LogP contribution < -0.4 is 15.6 Å². The van der Waals surface area contributed by atoms with Crippen molar-refractivity contribution in [3.63, 3.8) is 0 Å². The molecule has 0 fully saturated rings. The maximum absolute atomic E-state index is 13.4. The molecule has 8 heteroatoms. The number of halogens is 1. The van der Waals surface area contributed by atoms with Crippen LogP contribution in [0.5, 0.6) is 11.5 Å². The second kappa shape index (κ2) is 7.55. The zero-order chi connectivity index (χ0) is 21.4. The number of aromatic hydroxyl groups is 1. The van der Waals surface area contributed by atoms with Gasteiger partial charge in [0.05, 0.1) is 19.9 Å². The minimum absolute atomic E-state index is 0.0736. The number of phenols is 1. The first kappa shape index (κ1) is 19.5. The summed E-state index contributed by atoms with van der Waals surface area (Å²) in [5.74, 6) is 0.0179. The molecule has 0 amide bonds. The van der Waals surface area contributed by atoms with Crippen LogP contribution in [-0.2, 0) is 6.54 Å².